The van der Waals surface area contributed by atoms with E-state index in [9.17, 15) is 19.2 Å². The summed E-state index contributed by atoms with van der Waals surface area (Å²) >= 11 is 0. The van der Waals surface area contributed by atoms with E-state index in [1.54, 1.807) is 0 Å². The SMILES string of the molecule is CCCCCCCCCCCCCCCCCCCCCCCCCCCC(=O)OCC(COC(=O)C(C)CCCCCCCCCCCCCCCCCCC)(COC(=O)C(C)CCCCCCCCCCCCCCCCCCCCCCCCC)COC(=O)C(C)CCCCCCCCCCCCCCCCCCCCCCCCC. The Morgan fingerprint density at radius 1 is 0.168 bits per heavy atom. The molecular formula is C111H216O8. The second-order valence-corrected chi connectivity index (χ2v) is 39.5. The number of rotatable bonds is 103. The van der Waals surface area contributed by atoms with Gasteiger partial charge < -0.3 is 18.9 Å². The molecule has 0 saturated heterocycles. The van der Waals surface area contributed by atoms with Crippen molar-refractivity contribution >= 4 is 23.9 Å². The summed E-state index contributed by atoms with van der Waals surface area (Å²) in [7, 11) is 0. The van der Waals surface area contributed by atoms with Crippen LogP contribution >= 0.6 is 0 Å². The first kappa shape index (κ1) is 117. The molecule has 0 aromatic carbocycles. The highest BCUT2D eigenvalue weighted by molar-refractivity contribution is 5.73. The second-order valence-electron chi connectivity index (χ2n) is 39.5. The Kier molecular flexibility index (Phi) is 96.3. The fraction of sp³-hybridized carbons (Fsp3) is 0.964. The number of hydrogen-bond acceptors (Lipinski definition) is 8. The summed E-state index contributed by atoms with van der Waals surface area (Å²) in [4.78, 5) is 56.0. The largest absolute Gasteiger partial charge is 0.465 e. The van der Waals surface area contributed by atoms with Crippen molar-refractivity contribution in [2.24, 2.45) is 23.2 Å². The van der Waals surface area contributed by atoms with E-state index in [0.717, 1.165) is 77.0 Å². The van der Waals surface area contributed by atoms with Crippen LogP contribution in [0.1, 0.15) is 639 Å². The Labute approximate surface area is 746 Å². The van der Waals surface area contributed by atoms with Gasteiger partial charge in [-0.1, -0.05) is 607 Å². The van der Waals surface area contributed by atoms with Gasteiger partial charge in [0, 0.05) is 6.42 Å². The summed E-state index contributed by atoms with van der Waals surface area (Å²) in [6, 6.07) is 0. The van der Waals surface area contributed by atoms with Gasteiger partial charge in [-0.2, -0.15) is 0 Å². The predicted octanol–water partition coefficient (Wildman–Crippen LogP) is 38.0. The molecule has 0 aromatic rings. The molecule has 119 heavy (non-hydrogen) atoms. The standard InChI is InChI=1S/C111H216O8/c1-8-12-16-20-24-28-32-36-40-44-47-50-53-54-57-60-63-67-71-75-79-83-87-91-95-99-107(112)116-100-111(101-117-108(113)104(5)96-92-88-84-80-76-72-68-64-43-39-35-31-27-23-19-15-11-4,102-118-109(114)105(6)97-93-89-85-81-77-73-69-65-61-58-55-51-48-45-41-37-33-29-25-21-17-13-9-2)103-119-110(115)106(7)98-94-90-86-82-78-74-70-66-62-59-56-52-49-46-42-38-34-30-26-22-18-14-10-3/h104-106H,8-103H2,1-7H3. The quantitative estimate of drug-likeness (QED) is 0.0337. The van der Waals surface area contributed by atoms with E-state index in [-0.39, 0.29) is 68.1 Å². The monoisotopic (exact) mass is 1680 g/mol. The van der Waals surface area contributed by atoms with Gasteiger partial charge in [0.2, 0.25) is 0 Å². The van der Waals surface area contributed by atoms with Crippen LogP contribution in [0.3, 0.4) is 0 Å². The average molecular weight is 1680 g/mol. The Morgan fingerprint density at radius 2 is 0.286 bits per heavy atom. The van der Waals surface area contributed by atoms with Crippen LogP contribution in [0.15, 0.2) is 0 Å². The Bertz CT molecular complexity index is 1930. The molecule has 8 heteroatoms. The lowest BCUT2D eigenvalue weighted by atomic mass is 9.91. The zero-order valence-corrected chi connectivity index (χ0v) is 82.4. The first-order valence-corrected chi connectivity index (χ1v) is 55.2. The van der Waals surface area contributed by atoms with Gasteiger partial charge in [-0.05, 0) is 25.7 Å². The third-order valence-corrected chi connectivity index (χ3v) is 27.0. The normalized spacial score (nSPS) is 13.0. The zero-order valence-electron chi connectivity index (χ0n) is 82.4. The minimum absolute atomic E-state index is 0.172. The summed E-state index contributed by atoms with van der Waals surface area (Å²) in [6.07, 6.45) is 120. The summed E-state index contributed by atoms with van der Waals surface area (Å²) in [5, 5.41) is 0. The Morgan fingerprint density at radius 3 is 0.429 bits per heavy atom. The van der Waals surface area contributed by atoms with Gasteiger partial charge in [0.15, 0.2) is 0 Å². The second kappa shape index (κ2) is 98.1. The molecule has 0 spiro atoms. The topological polar surface area (TPSA) is 105 Å². The highest BCUT2D eigenvalue weighted by atomic mass is 16.6. The van der Waals surface area contributed by atoms with Crippen molar-refractivity contribution in [1.29, 1.82) is 0 Å². The highest BCUT2D eigenvalue weighted by Gasteiger charge is 2.39. The number of ether oxygens (including phenoxy) is 4. The number of esters is 4. The number of carbonyl (C=O) groups is 4. The fourth-order valence-corrected chi connectivity index (χ4v) is 18.1. The number of carbonyl (C=O) groups excluding carboxylic acids is 4. The molecule has 708 valence electrons. The van der Waals surface area contributed by atoms with E-state index >= 15 is 0 Å². The lowest BCUT2D eigenvalue weighted by Crippen LogP contribution is -2.45. The predicted molar refractivity (Wildman–Crippen MR) is 521 cm³/mol. The van der Waals surface area contributed by atoms with E-state index < -0.39 is 5.41 Å². The minimum atomic E-state index is -1.26. The van der Waals surface area contributed by atoms with Crippen molar-refractivity contribution in [3.05, 3.63) is 0 Å². The van der Waals surface area contributed by atoms with Crippen molar-refractivity contribution in [2.75, 3.05) is 26.4 Å². The first-order valence-electron chi connectivity index (χ1n) is 55.2. The van der Waals surface area contributed by atoms with Crippen molar-refractivity contribution in [3.8, 4) is 0 Å². The van der Waals surface area contributed by atoms with Gasteiger partial charge >= 0.3 is 23.9 Å². The summed E-state index contributed by atoms with van der Waals surface area (Å²) in [6.45, 7) is 14.4. The molecule has 0 aliphatic rings. The smallest absolute Gasteiger partial charge is 0.308 e. The zero-order chi connectivity index (χ0) is 86.3. The van der Waals surface area contributed by atoms with E-state index in [1.165, 1.54) is 507 Å². The maximum absolute atomic E-state index is 14.1. The van der Waals surface area contributed by atoms with Crippen molar-refractivity contribution in [3.63, 3.8) is 0 Å². The molecule has 0 saturated carbocycles. The molecule has 0 aromatic heterocycles. The molecule has 0 radical (unpaired) electrons. The maximum Gasteiger partial charge on any atom is 0.308 e. The van der Waals surface area contributed by atoms with Crippen LogP contribution in [0, 0.1) is 23.2 Å². The summed E-state index contributed by atoms with van der Waals surface area (Å²) in [5.41, 5.74) is -1.26. The van der Waals surface area contributed by atoms with E-state index in [0.29, 0.717) is 6.42 Å². The maximum atomic E-state index is 14.1. The third-order valence-electron chi connectivity index (χ3n) is 27.0. The molecule has 0 N–H and O–H groups in total. The molecule has 8 nitrogen and oxygen atoms in total. The van der Waals surface area contributed by atoms with Crippen LogP contribution in [-0.4, -0.2) is 50.3 Å². The first-order chi connectivity index (χ1) is 58.6. The number of unbranched alkanes of at least 4 members (excludes halogenated alkanes) is 84. The molecule has 3 atom stereocenters. The van der Waals surface area contributed by atoms with Crippen LogP contribution in [0.4, 0.5) is 0 Å². The van der Waals surface area contributed by atoms with Crippen LogP contribution in [0.25, 0.3) is 0 Å². The average Bonchev–Trinajstić information content (AvgIpc) is 0.844. The van der Waals surface area contributed by atoms with Gasteiger partial charge in [-0.15, -0.1) is 0 Å². The van der Waals surface area contributed by atoms with Gasteiger partial charge in [0.05, 0.1) is 17.8 Å². The molecule has 0 bridgehead atoms. The molecule has 0 heterocycles. The molecule has 0 fully saturated rings. The highest BCUT2D eigenvalue weighted by Crippen LogP contribution is 2.29. The molecule has 0 aliphatic carbocycles. The lowest BCUT2D eigenvalue weighted by molar-refractivity contribution is -0.174. The molecule has 3 unspecified atom stereocenters. The van der Waals surface area contributed by atoms with Crippen LogP contribution < -0.4 is 0 Å². The van der Waals surface area contributed by atoms with Crippen molar-refractivity contribution in [1.82, 2.24) is 0 Å². The Hall–Kier alpha value is -2.12. The van der Waals surface area contributed by atoms with E-state index in [1.807, 2.05) is 20.8 Å². The molecule has 0 amide bonds. The van der Waals surface area contributed by atoms with E-state index in [2.05, 4.69) is 27.7 Å². The lowest BCUT2D eigenvalue weighted by Gasteiger charge is -2.32. The molecule has 0 rings (SSSR count). The van der Waals surface area contributed by atoms with Crippen LogP contribution in [0.5, 0.6) is 0 Å². The number of hydrogen-bond donors (Lipinski definition) is 0. The van der Waals surface area contributed by atoms with Crippen LogP contribution in [-0.2, 0) is 38.1 Å². The minimum Gasteiger partial charge on any atom is -0.465 e. The summed E-state index contributed by atoms with van der Waals surface area (Å²) < 4.78 is 24.9. The van der Waals surface area contributed by atoms with Gasteiger partial charge in [-0.3, -0.25) is 19.2 Å². The Balaban J connectivity index is 5.55. The third kappa shape index (κ3) is 89.1. The van der Waals surface area contributed by atoms with Crippen molar-refractivity contribution < 1.29 is 38.1 Å². The van der Waals surface area contributed by atoms with E-state index in [4.69, 9.17) is 18.9 Å². The molecular weight excluding hydrogens is 1460 g/mol. The molecule has 0 aliphatic heterocycles. The van der Waals surface area contributed by atoms with Crippen molar-refractivity contribution in [2.45, 2.75) is 639 Å². The van der Waals surface area contributed by atoms with Crippen LogP contribution in [0.2, 0.25) is 0 Å². The summed E-state index contributed by atoms with van der Waals surface area (Å²) in [5.74, 6) is -2.22. The van der Waals surface area contributed by atoms with Gasteiger partial charge in [0.25, 0.3) is 0 Å². The van der Waals surface area contributed by atoms with Gasteiger partial charge in [-0.25, -0.2) is 0 Å². The fourth-order valence-electron chi connectivity index (χ4n) is 18.1. The van der Waals surface area contributed by atoms with Gasteiger partial charge in [0.1, 0.15) is 31.8 Å².